The van der Waals surface area contributed by atoms with Crippen LogP contribution < -0.4 is 25.0 Å². The van der Waals surface area contributed by atoms with Crippen LogP contribution in [0.3, 0.4) is 0 Å². The number of hydrogen-bond donors (Lipinski definition) is 1. The maximum absolute atomic E-state index is 13.6. The summed E-state index contributed by atoms with van der Waals surface area (Å²) < 4.78 is 37.9. The standard InChI is InChI=1S/C34H31FN4O6/c1-42-30-15-25-28(16-31(30)43-2)36-12-9-29(25)45-24-7-8-32(37-17-24)38-34(41)27-20-39(18-21-10-13-44-14-11-21)19-26(33(27)40)22-3-5-23(35)6-4-22/h3-9,12,15-17,19-21H,10-11,13-14,18H2,1-2H3,(H,37,38,41). The smallest absolute Gasteiger partial charge is 0.262 e. The van der Waals surface area contributed by atoms with E-state index < -0.39 is 17.2 Å². The van der Waals surface area contributed by atoms with Gasteiger partial charge in [0.1, 0.15) is 28.7 Å². The number of methoxy groups -OCH3 is 2. The van der Waals surface area contributed by atoms with Crippen molar-refractivity contribution in [3.05, 3.63) is 101 Å². The van der Waals surface area contributed by atoms with E-state index in [0.29, 0.717) is 70.7 Å². The molecule has 0 atom stereocenters. The highest BCUT2D eigenvalue weighted by atomic mass is 19.1. The zero-order valence-electron chi connectivity index (χ0n) is 24.8. The van der Waals surface area contributed by atoms with Crippen molar-refractivity contribution in [1.82, 2.24) is 14.5 Å². The highest BCUT2D eigenvalue weighted by Gasteiger charge is 2.20. The molecule has 3 aromatic heterocycles. The van der Waals surface area contributed by atoms with Gasteiger partial charge in [0.2, 0.25) is 5.43 Å². The molecule has 2 aromatic carbocycles. The summed E-state index contributed by atoms with van der Waals surface area (Å²) in [6, 6.07) is 14.2. The summed E-state index contributed by atoms with van der Waals surface area (Å²) in [7, 11) is 3.11. The third kappa shape index (κ3) is 6.63. The summed E-state index contributed by atoms with van der Waals surface area (Å²) in [6.07, 6.45) is 8.15. The number of pyridine rings is 3. The highest BCUT2D eigenvalue weighted by molar-refractivity contribution is 6.04. The minimum Gasteiger partial charge on any atom is -0.493 e. The van der Waals surface area contributed by atoms with Gasteiger partial charge in [0.25, 0.3) is 5.91 Å². The van der Waals surface area contributed by atoms with E-state index >= 15 is 0 Å². The second-order valence-corrected chi connectivity index (χ2v) is 10.6. The molecule has 0 unspecified atom stereocenters. The molecule has 5 aromatic rings. The van der Waals surface area contributed by atoms with Gasteiger partial charge in [0.05, 0.1) is 25.9 Å². The van der Waals surface area contributed by atoms with Gasteiger partial charge in [-0.05, 0) is 60.7 Å². The average Bonchev–Trinajstić information content (AvgIpc) is 3.06. The number of nitrogens with one attached hydrogen (secondary N) is 1. The van der Waals surface area contributed by atoms with Crippen molar-refractivity contribution in [2.75, 3.05) is 32.8 Å². The molecule has 0 aliphatic carbocycles. The van der Waals surface area contributed by atoms with Crippen LogP contribution in [0.4, 0.5) is 10.2 Å². The molecule has 0 radical (unpaired) electrons. The fourth-order valence-electron chi connectivity index (χ4n) is 5.32. The van der Waals surface area contributed by atoms with Gasteiger partial charge in [-0.15, -0.1) is 0 Å². The number of ether oxygens (including phenoxy) is 4. The van der Waals surface area contributed by atoms with Crippen LogP contribution in [-0.4, -0.2) is 47.9 Å². The number of carbonyl (C=O) groups excluding carboxylic acids is 1. The highest BCUT2D eigenvalue weighted by Crippen LogP contribution is 2.36. The van der Waals surface area contributed by atoms with Gasteiger partial charge in [-0.25, -0.2) is 9.37 Å². The number of hydrogen-bond acceptors (Lipinski definition) is 8. The summed E-state index contributed by atoms with van der Waals surface area (Å²) in [6.45, 7) is 1.97. The average molecular weight is 611 g/mol. The maximum Gasteiger partial charge on any atom is 0.262 e. The molecule has 1 saturated heterocycles. The number of rotatable bonds is 9. The normalized spacial score (nSPS) is 13.4. The molecule has 0 saturated carbocycles. The van der Waals surface area contributed by atoms with Crippen LogP contribution in [0, 0.1) is 11.7 Å². The monoisotopic (exact) mass is 610 g/mol. The predicted molar refractivity (Wildman–Crippen MR) is 167 cm³/mol. The molecule has 230 valence electrons. The molecule has 1 amide bonds. The third-order valence-electron chi connectivity index (χ3n) is 7.70. The quantitative estimate of drug-likeness (QED) is 0.214. The number of carbonyl (C=O) groups is 1. The molecule has 1 N–H and O–H groups in total. The minimum absolute atomic E-state index is 0.0429. The molecular weight excluding hydrogens is 579 g/mol. The fourth-order valence-corrected chi connectivity index (χ4v) is 5.32. The predicted octanol–water partition coefficient (Wildman–Crippen LogP) is 6.09. The lowest BCUT2D eigenvalue weighted by Gasteiger charge is -2.23. The summed E-state index contributed by atoms with van der Waals surface area (Å²) >= 11 is 0. The molecule has 10 nitrogen and oxygen atoms in total. The maximum atomic E-state index is 13.6. The van der Waals surface area contributed by atoms with E-state index in [9.17, 15) is 14.0 Å². The van der Waals surface area contributed by atoms with Crippen LogP contribution in [0.25, 0.3) is 22.0 Å². The van der Waals surface area contributed by atoms with Crippen LogP contribution in [0.1, 0.15) is 23.2 Å². The molecule has 6 rings (SSSR count). The van der Waals surface area contributed by atoms with Crippen molar-refractivity contribution in [1.29, 1.82) is 0 Å². The lowest BCUT2D eigenvalue weighted by atomic mass is 9.99. The Labute approximate surface area is 258 Å². The van der Waals surface area contributed by atoms with E-state index in [-0.39, 0.29) is 11.4 Å². The molecule has 1 aliphatic heterocycles. The molecule has 11 heteroatoms. The molecule has 0 spiro atoms. The first-order valence-corrected chi connectivity index (χ1v) is 14.5. The van der Waals surface area contributed by atoms with Crippen molar-refractivity contribution in [3.63, 3.8) is 0 Å². The largest absolute Gasteiger partial charge is 0.493 e. The minimum atomic E-state index is -0.605. The van der Waals surface area contributed by atoms with E-state index in [0.717, 1.165) is 12.8 Å². The Morgan fingerprint density at radius 2 is 1.73 bits per heavy atom. The Balaban J connectivity index is 1.24. The van der Waals surface area contributed by atoms with Crippen LogP contribution in [-0.2, 0) is 11.3 Å². The van der Waals surface area contributed by atoms with E-state index in [1.807, 2.05) is 4.57 Å². The van der Waals surface area contributed by atoms with Crippen LogP contribution in [0.5, 0.6) is 23.0 Å². The Hall–Kier alpha value is -5.29. The second-order valence-electron chi connectivity index (χ2n) is 10.6. The fraction of sp³-hybridized carbons (Fsp3) is 0.235. The van der Waals surface area contributed by atoms with Crippen molar-refractivity contribution < 1.29 is 28.1 Å². The Morgan fingerprint density at radius 1 is 0.978 bits per heavy atom. The summed E-state index contributed by atoms with van der Waals surface area (Å²) in [5.41, 5.74) is 0.992. The van der Waals surface area contributed by atoms with Crippen molar-refractivity contribution in [2.45, 2.75) is 19.4 Å². The molecular formula is C34H31FN4O6. The van der Waals surface area contributed by atoms with Gasteiger partial charge in [-0.2, -0.15) is 0 Å². The first-order chi connectivity index (χ1) is 21.9. The lowest BCUT2D eigenvalue weighted by Crippen LogP contribution is -2.27. The van der Waals surface area contributed by atoms with Gasteiger partial charge in [0.15, 0.2) is 11.5 Å². The molecule has 1 aliphatic rings. The van der Waals surface area contributed by atoms with Gasteiger partial charge in [-0.1, -0.05) is 12.1 Å². The Morgan fingerprint density at radius 3 is 2.44 bits per heavy atom. The summed E-state index contributed by atoms with van der Waals surface area (Å²) in [5, 5.41) is 3.44. The number of nitrogens with zero attached hydrogens (tertiary/aromatic N) is 3. The van der Waals surface area contributed by atoms with Gasteiger partial charge in [0, 0.05) is 55.4 Å². The molecule has 45 heavy (non-hydrogen) atoms. The first-order valence-electron chi connectivity index (χ1n) is 14.5. The van der Waals surface area contributed by atoms with Crippen LogP contribution in [0.15, 0.2) is 84.2 Å². The topological polar surface area (TPSA) is 114 Å². The van der Waals surface area contributed by atoms with Crippen molar-refractivity contribution in [2.24, 2.45) is 5.92 Å². The summed E-state index contributed by atoms with van der Waals surface area (Å²) in [4.78, 5) is 35.7. The Kier molecular flexibility index (Phi) is 8.70. The van der Waals surface area contributed by atoms with Gasteiger partial charge >= 0.3 is 0 Å². The van der Waals surface area contributed by atoms with Crippen molar-refractivity contribution in [3.8, 4) is 34.1 Å². The lowest BCUT2D eigenvalue weighted by molar-refractivity contribution is 0.0612. The van der Waals surface area contributed by atoms with Gasteiger partial charge < -0.3 is 28.8 Å². The number of aromatic nitrogens is 3. The van der Waals surface area contributed by atoms with E-state index in [1.54, 1.807) is 63.1 Å². The molecule has 0 bridgehead atoms. The number of benzene rings is 2. The van der Waals surface area contributed by atoms with Crippen molar-refractivity contribution >= 4 is 22.6 Å². The number of fused-ring (bicyclic) bond motifs is 1. The van der Waals surface area contributed by atoms with Crippen LogP contribution >= 0.6 is 0 Å². The first kappa shape index (κ1) is 29.8. The summed E-state index contributed by atoms with van der Waals surface area (Å²) in [5.74, 6) is 1.60. The SMILES string of the molecule is COc1cc2nccc(Oc3ccc(NC(=O)c4cn(CC5CCOCC5)cc(-c5ccc(F)cc5)c4=O)nc3)c2cc1OC. The van der Waals surface area contributed by atoms with Gasteiger partial charge in [-0.3, -0.25) is 14.6 Å². The number of amides is 1. The number of anilines is 1. The van der Waals surface area contributed by atoms with Crippen LogP contribution in [0.2, 0.25) is 0 Å². The third-order valence-corrected chi connectivity index (χ3v) is 7.70. The molecule has 4 heterocycles. The van der Waals surface area contributed by atoms with E-state index in [2.05, 4.69) is 15.3 Å². The van der Waals surface area contributed by atoms with E-state index in [4.69, 9.17) is 18.9 Å². The molecule has 1 fully saturated rings. The second kappa shape index (κ2) is 13.1. The van der Waals surface area contributed by atoms with E-state index in [1.165, 1.54) is 30.5 Å². The number of halogens is 1. The zero-order valence-corrected chi connectivity index (χ0v) is 24.8. The zero-order chi connectivity index (χ0) is 31.3. The Bertz CT molecular complexity index is 1890.